The zero-order valence-electron chi connectivity index (χ0n) is 25.6. The van der Waals surface area contributed by atoms with Crippen molar-refractivity contribution in [2.24, 2.45) is 11.8 Å². The summed E-state index contributed by atoms with van der Waals surface area (Å²) in [6.45, 7) is 3.36. The largest absolute Gasteiger partial charge is 0.416 e. The smallest absolute Gasteiger partial charge is 0.384 e. The van der Waals surface area contributed by atoms with Crippen molar-refractivity contribution in [3.05, 3.63) is 70.0 Å². The highest BCUT2D eigenvalue weighted by Gasteiger charge is 2.41. The lowest BCUT2D eigenvalue weighted by Crippen LogP contribution is -2.51. The van der Waals surface area contributed by atoms with Crippen LogP contribution in [-0.4, -0.2) is 76.9 Å². The number of carbonyl (C=O) groups excluding carboxylic acids is 3. The number of nitrogens with zero attached hydrogens (tertiary/aromatic N) is 3. The van der Waals surface area contributed by atoms with Gasteiger partial charge in [-0.2, -0.15) is 26.3 Å². The molecule has 2 aromatic rings. The molecule has 2 aliphatic heterocycles. The van der Waals surface area contributed by atoms with Crippen LogP contribution in [0, 0.1) is 24.6 Å². The lowest BCUT2D eigenvalue weighted by Gasteiger charge is -2.42. The Bertz CT molecular complexity index is 1420. The molecule has 3 amide bonds. The second-order valence-electron chi connectivity index (χ2n) is 12.2. The average molecular weight is 660 g/mol. The molecular formula is C32H36F7N3O4. The van der Waals surface area contributed by atoms with E-state index in [0.29, 0.717) is 49.2 Å². The molecule has 7 nitrogen and oxygen atoms in total. The highest BCUT2D eigenvalue weighted by Crippen LogP contribution is 2.39. The minimum Gasteiger partial charge on any atom is -0.384 e. The first-order valence-corrected chi connectivity index (χ1v) is 14.9. The molecule has 0 aliphatic carbocycles. The summed E-state index contributed by atoms with van der Waals surface area (Å²) in [6, 6.07) is 5.23. The summed E-state index contributed by atoms with van der Waals surface area (Å²) < 4.78 is 94.5. The number of benzene rings is 2. The monoisotopic (exact) mass is 659 g/mol. The SMILES string of the molecule is Cc1cc(F)ccc1[C@H]1CN(C(=O)C2CCN(C(=O)C(C)O)CC2)CC[C@@H]1C(=O)N(C)Cc1cc(C(F)(F)F)cc(C(F)(F)F)c1. The molecule has 3 atom stereocenters. The van der Waals surface area contributed by atoms with Crippen LogP contribution in [0.3, 0.4) is 0 Å². The van der Waals surface area contributed by atoms with E-state index in [2.05, 4.69) is 0 Å². The molecule has 0 spiro atoms. The van der Waals surface area contributed by atoms with E-state index < -0.39 is 71.5 Å². The molecule has 2 aliphatic rings. The van der Waals surface area contributed by atoms with E-state index in [9.17, 15) is 50.2 Å². The lowest BCUT2D eigenvalue weighted by atomic mass is 9.77. The summed E-state index contributed by atoms with van der Waals surface area (Å²) in [4.78, 5) is 43.7. The Labute approximate surface area is 261 Å². The van der Waals surface area contributed by atoms with Crippen LogP contribution < -0.4 is 0 Å². The van der Waals surface area contributed by atoms with E-state index in [1.807, 2.05) is 0 Å². The van der Waals surface area contributed by atoms with E-state index >= 15 is 0 Å². The molecule has 0 bridgehead atoms. The Balaban J connectivity index is 1.56. The predicted octanol–water partition coefficient (Wildman–Crippen LogP) is 5.38. The molecule has 2 heterocycles. The van der Waals surface area contributed by atoms with E-state index in [-0.39, 0.29) is 37.0 Å². The summed E-state index contributed by atoms with van der Waals surface area (Å²) >= 11 is 0. The number of carbonyl (C=O) groups is 3. The third kappa shape index (κ3) is 7.99. The molecule has 1 unspecified atom stereocenters. The van der Waals surface area contributed by atoms with Gasteiger partial charge in [-0.1, -0.05) is 6.07 Å². The van der Waals surface area contributed by atoms with Crippen LogP contribution in [0.5, 0.6) is 0 Å². The van der Waals surface area contributed by atoms with Gasteiger partial charge in [-0.3, -0.25) is 14.4 Å². The standard InChI is InChI=1S/C32H36F7N3O4/c1-18-12-24(33)4-5-25(18)27-17-42(29(45)21-6-9-41(10-7-21)28(44)19(2)43)11-8-26(27)30(46)40(3)16-20-13-22(31(34,35)36)15-23(14-20)32(37,38)39/h4-5,12-15,19,21,26-27,43H,6-11,16-17H2,1-3H3/t19?,26-,27+/m0/s1. The fourth-order valence-electron chi connectivity index (χ4n) is 6.43. The van der Waals surface area contributed by atoms with Gasteiger partial charge in [-0.05, 0) is 80.1 Å². The van der Waals surface area contributed by atoms with Gasteiger partial charge in [0.1, 0.15) is 11.9 Å². The summed E-state index contributed by atoms with van der Waals surface area (Å²) in [5, 5.41) is 9.60. The fourth-order valence-corrected chi connectivity index (χ4v) is 6.43. The second kappa shape index (κ2) is 13.6. The quantitative estimate of drug-likeness (QED) is 0.423. The molecule has 0 saturated carbocycles. The highest BCUT2D eigenvalue weighted by atomic mass is 19.4. The van der Waals surface area contributed by atoms with Crippen LogP contribution in [0.4, 0.5) is 30.7 Å². The van der Waals surface area contributed by atoms with Gasteiger partial charge in [0.05, 0.1) is 11.1 Å². The summed E-state index contributed by atoms with van der Waals surface area (Å²) in [6.07, 6.45) is -10.3. The minimum absolute atomic E-state index is 0.0280. The Hall–Kier alpha value is -3.68. The van der Waals surface area contributed by atoms with Crippen LogP contribution in [0.1, 0.15) is 59.9 Å². The molecule has 2 fully saturated rings. The summed E-state index contributed by atoms with van der Waals surface area (Å²) in [5.74, 6) is -3.44. The minimum atomic E-state index is -5.04. The number of aryl methyl sites for hydroxylation is 1. The Kier molecular flexibility index (Phi) is 10.4. The number of rotatable bonds is 6. The first-order chi connectivity index (χ1) is 21.4. The fraction of sp³-hybridized carbons (Fsp3) is 0.531. The van der Waals surface area contributed by atoms with Crippen molar-refractivity contribution >= 4 is 17.7 Å². The molecule has 14 heteroatoms. The Morgan fingerprint density at radius 1 is 0.913 bits per heavy atom. The second-order valence-corrected chi connectivity index (χ2v) is 12.2. The third-order valence-electron chi connectivity index (χ3n) is 8.83. The average Bonchev–Trinajstić information content (AvgIpc) is 2.98. The molecule has 2 saturated heterocycles. The number of alkyl halides is 6. The molecule has 1 N–H and O–H groups in total. The van der Waals surface area contributed by atoms with Crippen LogP contribution >= 0.6 is 0 Å². The van der Waals surface area contributed by atoms with Gasteiger partial charge < -0.3 is 19.8 Å². The van der Waals surface area contributed by atoms with Crippen molar-refractivity contribution in [1.29, 1.82) is 0 Å². The van der Waals surface area contributed by atoms with Crippen molar-refractivity contribution in [3.63, 3.8) is 0 Å². The maximum Gasteiger partial charge on any atom is 0.416 e. The Morgan fingerprint density at radius 2 is 1.48 bits per heavy atom. The van der Waals surface area contributed by atoms with Crippen LogP contribution in [-0.2, 0) is 33.3 Å². The maximum absolute atomic E-state index is 14.0. The topological polar surface area (TPSA) is 81.2 Å². The van der Waals surface area contributed by atoms with Gasteiger partial charge in [-0.25, -0.2) is 4.39 Å². The van der Waals surface area contributed by atoms with Crippen molar-refractivity contribution in [1.82, 2.24) is 14.7 Å². The number of amides is 3. The van der Waals surface area contributed by atoms with Crippen molar-refractivity contribution in [2.75, 3.05) is 33.2 Å². The van der Waals surface area contributed by atoms with E-state index in [1.165, 1.54) is 37.1 Å². The maximum atomic E-state index is 14.0. The first kappa shape index (κ1) is 35.2. The van der Waals surface area contributed by atoms with E-state index in [4.69, 9.17) is 0 Å². The number of hydrogen-bond acceptors (Lipinski definition) is 4. The van der Waals surface area contributed by atoms with Gasteiger partial charge in [0.25, 0.3) is 5.91 Å². The van der Waals surface area contributed by atoms with Gasteiger partial charge >= 0.3 is 12.4 Å². The number of piperidine rings is 2. The number of aliphatic hydroxyl groups excluding tert-OH is 1. The van der Waals surface area contributed by atoms with Crippen LogP contribution in [0.15, 0.2) is 36.4 Å². The van der Waals surface area contributed by atoms with Gasteiger partial charge in [-0.15, -0.1) is 0 Å². The lowest BCUT2D eigenvalue weighted by molar-refractivity contribution is -0.147. The number of likely N-dealkylation sites (tertiary alicyclic amines) is 2. The summed E-state index contributed by atoms with van der Waals surface area (Å²) in [7, 11) is 1.30. The molecule has 0 aromatic heterocycles. The number of hydrogen-bond donors (Lipinski definition) is 1. The Morgan fingerprint density at radius 3 is 2.00 bits per heavy atom. The van der Waals surface area contributed by atoms with Crippen molar-refractivity contribution < 1.29 is 50.2 Å². The van der Waals surface area contributed by atoms with Crippen molar-refractivity contribution in [3.8, 4) is 0 Å². The third-order valence-corrected chi connectivity index (χ3v) is 8.83. The van der Waals surface area contributed by atoms with E-state index in [0.717, 1.165) is 4.90 Å². The molecular weight excluding hydrogens is 623 g/mol. The van der Waals surface area contributed by atoms with Gasteiger partial charge in [0, 0.05) is 57.5 Å². The zero-order valence-corrected chi connectivity index (χ0v) is 25.6. The number of halogens is 7. The summed E-state index contributed by atoms with van der Waals surface area (Å²) in [5.41, 5.74) is -2.18. The van der Waals surface area contributed by atoms with Crippen LogP contribution in [0.2, 0.25) is 0 Å². The highest BCUT2D eigenvalue weighted by molar-refractivity contribution is 5.83. The molecule has 46 heavy (non-hydrogen) atoms. The molecule has 2 aromatic carbocycles. The molecule has 0 radical (unpaired) electrons. The van der Waals surface area contributed by atoms with E-state index in [1.54, 1.807) is 11.8 Å². The normalized spacial score (nSPS) is 20.4. The zero-order chi connectivity index (χ0) is 34.1. The van der Waals surface area contributed by atoms with Gasteiger partial charge in [0.2, 0.25) is 11.8 Å². The number of aliphatic hydroxyl groups is 1. The predicted molar refractivity (Wildman–Crippen MR) is 152 cm³/mol. The van der Waals surface area contributed by atoms with Crippen LogP contribution in [0.25, 0.3) is 0 Å². The molecule has 4 rings (SSSR count). The van der Waals surface area contributed by atoms with Crippen molar-refractivity contribution in [2.45, 2.75) is 64.0 Å². The van der Waals surface area contributed by atoms with Gasteiger partial charge in [0.15, 0.2) is 0 Å². The molecule has 252 valence electrons. The first-order valence-electron chi connectivity index (χ1n) is 14.9.